The summed E-state index contributed by atoms with van der Waals surface area (Å²) in [5, 5.41) is 24.0. The van der Waals surface area contributed by atoms with E-state index in [-0.39, 0.29) is 28.9 Å². The molecule has 2 saturated heterocycles. The summed E-state index contributed by atoms with van der Waals surface area (Å²) in [6.07, 6.45) is 7.01. The van der Waals surface area contributed by atoms with Crippen LogP contribution in [0.25, 0.3) is 0 Å². The van der Waals surface area contributed by atoms with Crippen molar-refractivity contribution in [1.29, 1.82) is 0 Å². The zero-order valence-electron chi connectivity index (χ0n) is 24.1. The molecular formula is C28H52N2O6. The predicted octanol–water partition coefficient (Wildman–Crippen LogP) is 5.25. The first-order valence-electron chi connectivity index (χ1n) is 13.8. The molecule has 0 aliphatic carbocycles. The van der Waals surface area contributed by atoms with Crippen LogP contribution in [-0.4, -0.2) is 68.8 Å². The van der Waals surface area contributed by atoms with Crippen LogP contribution in [0.15, 0.2) is 0 Å². The van der Waals surface area contributed by atoms with E-state index in [9.17, 15) is 19.9 Å². The Morgan fingerprint density at radius 1 is 0.750 bits per heavy atom. The highest BCUT2D eigenvalue weighted by Crippen LogP contribution is 2.40. The molecule has 2 rings (SSSR count). The largest absolute Gasteiger partial charge is 0.462 e. The Morgan fingerprint density at radius 3 is 1.64 bits per heavy atom. The van der Waals surface area contributed by atoms with Gasteiger partial charge in [-0.2, -0.15) is 5.06 Å². The minimum Gasteiger partial charge on any atom is -0.462 e. The molecule has 0 atom stereocenters. The number of nitrogens with zero attached hydrogens (tertiary/aromatic N) is 2. The van der Waals surface area contributed by atoms with E-state index in [0.717, 1.165) is 38.5 Å². The van der Waals surface area contributed by atoms with Crippen molar-refractivity contribution >= 4 is 11.9 Å². The van der Waals surface area contributed by atoms with Crippen molar-refractivity contribution in [1.82, 2.24) is 10.1 Å². The van der Waals surface area contributed by atoms with Crippen LogP contribution in [0.1, 0.15) is 120 Å². The van der Waals surface area contributed by atoms with Crippen molar-refractivity contribution in [3.8, 4) is 0 Å². The summed E-state index contributed by atoms with van der Waals surface area (Å²) in [6, 6.07) is 0. The van der Waals surface area contributed by atoms with Gasteiger partial charge >= 0.3 is 11.9 Å². The smallest absolute Gasteiger partial charge is 0.325 e. The zero-order chi connectivity index (χ0) is 27.4. The minimum absolute atomic E-state index is 0.155. The standard InChI is InChI=1S/C28H52N2O6/c1-25(2)19-29(20-26(3,4)24(25)33)36-23(32)16-14-12-10-9-11-13-15-22(31)35-21-17-27(5,6)30(34)28(7,8)18-21/h21,24,33-34H,9-20H2,1-8H3. The summed E-state index contributed by atoms with van der Waals surface area (Å²) in [6.45, 7) is 16.9. The number of ether oxygens (including phenoxy) is 1. The number of unbranched alkanes of at least 4 members (excludes halogenated alkanes) is 5. The number of carbonyl (C=O) groups excluding carboxylic acids is 2. The average Bonchev–Trinajstić information content (AvgIpc) is 2.71. The van der Waals surface area contributed by atoms with E-state index in [1.807, 2.05) is 55.4 Å². The van der Waals surface area contributed by atoms with Gasteiger partial charge < -0.3 is 19.9 Å². The van der Waals surface area contributed by atoms with Gasteiger partial charge in [0.1, 0.15) is 6.10 Å². The maximum absolute atomic E-state index is 12.3. The molecule has 0 bridgehead atoms. The molecule has 2 aliphatic rings. The van der Waals surface area contributed by atoms with Gasteiger partial charge in [-0.05, 0) is 40.5 Å². The van der Waals surface area contributed by atoms with Gasteiger partial charge in [0.15, 0.2) is 0 Å². The highest BCUT2D eigenvalue weighted by atomic mass is 16.7. The Balaban J connectivity index is 1.54. The normalized spacial score (nSPS) is 24.4. The summed E-state index contributed by atoms with van der Waals surface area (Å²) in [4.78, 5) is 30.2. The molecule has 2 heterocycles. The van der Waals surface area contributed by atoms with Crippen LogP contribution in [0.4, 0.5) is 0 Å². The van der Waals surface area contributed by atoms with Crippen LogP contribution in [0.3, 0.4) is 0 Å². The van der Waals surface area contributed by atoms with Crippen LogP contribution in [0.2, 0.25) is 0 Å². The van der Waals surface area contributed by atoms with Gasteiger partial charge in [0, 0.05) is 60.7 Å². The molecule has 0 spiro atoms. The fourth-order valence-corrected chi connectivity index (χ4v) is 6.20. The van der Waals surface area contributed by atoms with Crippen molar-refractivity contribution in [3.05, 3.63) is 0 Å². The summed E-state index contributed by atoms with van der Waals surface area (Å²) in [7, 11) is 0. The Morgan fingerprint density at radius 2 is 1.17 bits per heavy atom. The third-order valence-corrected chi connectivity index (χ3v) is 7.79. The second-order valence-electron chi connectivity index (χ2n) is 13.7. The van der Waals surface area contributed by atoms with Crippen molar-refractivity contribution in [2.24, 2.45) is 10.8 Å². The second-order valence-corrected chi connectivity index (χ2v) is 13.7. The number of hydroxylamine groups is 4. The number of hydrogen-bond acceptors (Lipinski definition) is 8. The third-order valence-electron chi connectivity index (χ3n) is 7.79. The quantitative estimate of drug-likeness (QED) is 0.286. The first-order valence-corrected chi connectivity index (χ1v) is 13.8. The molecule has 2 fully saturated rings. The predicted molar refractivity (Wildman–Crippen MR) is 139 cm³/mol. The van der Waals surface area contributed by atoms with Crippen molar-refractivity contribution < 1.29 is 29.5 Å². The van der Waals surface area contributed by atoms with Crippen molar-refractivity contribution in [3.63, 3.8) is 0 Å². The maximum Gasteiger partial charge on any atom is 0.325 e. The highest BCUT2D eigenvalue weighted by Gasteiger charge is 2.48. The van der Waals surface area contributed by atoms with Crippen molar-refractivity contribution in [2.75, 3.05) is 13.1 Å². The zero-order valence-corrected chi connectivity index (χ0v) is 24.1. The van der Waals surface area contributed by atoms with E-state index in [0.29, 0.717) is 38.8 Å². The lowest BCUT2D eigenvalue weighted by molar-refractivity contribution is -0.259. The van der Waals surface area contributed by atoms with E-state index in [1.54, 1.807) is 5.06 Å². The number of piperidine rings is 2. The van der Waals surface area contributed by atoms with Crippen LogP contribution < -0.4 is 0 Å². The molecule has 0 radical (unpaired) electrons. The SMILES string of the molecule is CC1(C)CN(OC(=O)CCCCCCCCC(=O)OC2CC(C)(C)N(O)C(C)(C)C2)CC(C)(C)C1O. The number of rotatable bonds is 11. The summed E-state index contributed by atoms with van der Waals surface area (Å²) in [5.74, 6) is -0.364. The molecule has 0 unspecified atom stereocenters. The summed E-state index contributed by atoms with van der Waals surface area (Å²) in [5.41, 5.74) is -1.53. The molecule has 2 N–H and O–H groups in total. The Hall–Kier alpha value is -1.22. The molecule has 0 aromatic heterocycles. The van der Waals surface area contributed by atoms with E-state index in [4.69, 9.17) is 9.57 Å². The number of carbonyl (C=O) groups is 2. The summed E-state index contributed by atoms with van der Waals surface area (Å²) < 4.78 is 5.73. The fraction of sp³-hybridized carbons (Fsp3) is 0.929. The lowest BCUT2D eigenvalue weighted by atomic mass is 9.69. The Labute approximate surface area is 218 Å². The molecule has 2 aliphatic heterocycles. The summed E-state index contributed by atoms with van der Waals surface area (Å²) >= 11 is 0. The van der Waals surface area contributed by atoms with Gasteiger partial charge in [0.05, 0.1) is 6.10 Å². The molecule has 36 heavy (non-hydrogen) atoms. The van der Waals surface area contributed by atoms with Gasteiger partial charge in [-0.15, -0.1) is 5.06 Å². The van der Waals surface area contributed by atoms with Gasteiger partial charge in [-0.3, -0.25) is 9.59 Å². The van der Waals surface area contributed by atoms with E-state index in [1.165, 1.54) is 5.06 Å². The van der Waals surface area contributed by atoms with Gasteiger partial charge in [0.2, 0.25) is 0 Å². The maximum atomic E-state index is 12.3. The molecule has 0 saturated carbocycles. The van der Waals surface area contributed by atoms with Crippen LogP contribution in [0.5, 0.6) is 0 Å². The lowest BCUT2D eigenvalue weighted by Gasteiger charge is -2.50. The molecule has 8 heteroatoms. The number of aliphatic hydroxyl groups excluding tert-OH is 1. The van der Waals surface area contributed by atoms with E-state index < -0.39 is 17.2 Å². The average molecular weight is 513 g/mol. The molecule has 210 valence electrons. The second kappa shape index (κ2) is 12.1. The van der Waals surface area contributed by atoms with E-state index in [2.05, 4.69) is 0 Å². The Kier molecular flexibility index (Phi) is 10.4. The van der Waals surface area contributed by atoms with Crippen LogP contribution in [-0.2, 0) is 19.2 Å². The lowest BCUT2D eigenvalue weighted by Crippen LogP contribution is -2.60. The van der Waals surface area contributed by atoms with Gasteiger partial charge in [-0.1, -0.05) is 53.4 Å². The van der Waals surface area contributed by atoms with E-state index >= 15 is 0 Å². The fourth-order valence-electron chi connectivity index (χ4n) is 6.20. The minimum atomic E-state index is -0.444. The molecule has 0 aromatic rings. The topological polar surface area (TPSA) is 99.5 Å². The van der Waals surface area contributed by atoms with Crippen LogP contribution >= 0.6 is 0 Å². The number of aliphatic hydroxyl groups is 1. The van der Waals surface area contributed by atoms with Gasteiger partial charge in [0.25, 0.3) is 0 Å². The number of esters is 1. The number of hydrogen-bond donors (Lipinski definition) is 2. The monoisotopic (exact) mass is 512 g/mol. The van der Waals surface area contributed by atoms with Gasteiger partial charge in [-0.25, -0.2) is 0 Å². The van der Waals surface area contributed by atoms with Crippen LogP contribution in [0, 0.1) is 10.8 Å². The molecule has 8 nitrogen and oxygen atoms in total. The first kappa shape index (κ1) is 31.0. The van der Waals surface area contributed by atoms with Crippen molar-refractivity contribution in [2.45, 2.75) is 143 Å². The third kappa shape index (κ3) is 8.67. The Bertz CT molecular complexity index is 650. The highest BCUT2D eigenvalue weighted by molar-refractivity contribution is 5.69. The molecular weight excluding hydrogens is 460 g/mol. The first-order chi connectivity index (χ1) is 16.5. The molecule has 0 amide bonds. The molecule has 0 aromatic carbocycles.